The van der Waals surface area contributed by atoms with E-state index in [0.717, 1.165) is 19.0 Å². The van der Waals surface area contributed by atoms with Crippen LogP contribution < -0.4 is 10.2 Å². The van der Waals surface area contributed by atoms with Gasteiger partial charge in [-0.05, 0) is 12.8 Å². The smallest absolute Gasteiger partial charge is 0.317 e. The molecule has 1 saturated carbocycles. The van der Waals surface area contributed by atoms with Gasteiger partial charge in [0.05, 0.1) is 0 Å². The molecule has 1 N–H and O–H groups in total. The molecule has 0 amide bonds. The number of nitrogens with zero attached hydrogens (tertiary/aromatic N) is 3. The van der Waals surface area contributed by atoms with Gasteiger partial charge in [0.15, 0.2) is 0 Å². The Hall–Kier alpha value is -1.10. The lowest BCUT2D eigenvalue weighted by atomic mass is 10.4. The molecule has 1 aliphatic rings. The molecule has 5 nitrogen and oxygen atoms in total. The van der Waals surface area contributed by atoms with Crippen molar-refractivity contribution in [3.8, 4) is 0 Å². The van der Waals surface area contributed by atoms with E-state index < -0.39 is 0 Å². The highest BCUT2D eigenvalue weighted by atomic mass is 16.4. The van der Waals surface area contributed by atoms with Gasteiger partial charge in [0.1, 0.15) is 0 Å². The molecule has 0 saturated heterocycles. The van der Waals surface area contributed by atoms with E-state index in [-0.39, 0.29) is 0 Å². The summed E-state index contributed by atoms with van der Waals surface area (Å²) in [5, 5.41) is 11.3. The molecule has 1 aromatic rings. The fourth-order valence-corrected chi connectivity index (χ4v) is 1.20. The minimum absolute atomic E-state index is 0.575. The first-order valence-electron chi connectivity index (χ1n) is 4.99. The lowest BCUT2D eigenvalue weighted by Crippen LogP contribution is -2.19. The molecular weight excluding hydrogens is 180 g/mol. The molecule has 5 heteroatoms. The van der Waals surface area contributed by atoms with E-state index in [1.807, 2.05) is 19.0 Å². The van der Waals surface area contributed by atoms with Crippen molar-refractivity contribution in [2.45, 2.75) is 25.3 Å². The molecule has 0 aromatic carbocycles. The van der Waals surface area contributed by atoms with E-state index in [1.54, 1.807) is 0 Å². The van der Waals surface area contributed by atoms with Crippen LogP contribution in [0.4, 0.5) is 6.01 Å². The first-order valence-corrected chi connectivity index (χ1v) is 4.99. The van der Waals surface area contributed by atoms with Gasteiger partial charge in [0.25, 0.3) is 0 Å². The Bertz CT molecular complexity index is 293. The zero-order valence-corrected chi connectivity index (χ0v) is 8.66. The third-order valence-corrected chi connectivity index (χ3v) is 2.19. The number of anilines is 1. The summed E-state index contributed by atoms with van der Waals surface area (Å²) in [5.41, 5.74) is 0. The summed E-state index contributed by atoms with van der Waals surface area (Å²) in [5.74, 6) is 0.710. The maximum Gasteiger partial charge on any atom is 0.317 e. The number of aromatic nitrogens is 2. The van der Waals surface area contributed by atoms with Gasteiger partial charge in [-0.2, -0.15) is 0 Å². The largest absolute Gasteiger partial charge is 0.408 e. The quantitative estimate of drug-likeness (QED) is 0.740. The molecule has 14 heavy (non-hydrogen) atoms. The molecule has 1 heterocycles. The van der Waals surface area contributed by atoms with Gasteiger partial charge in [-0.1, -0.05) is 5.10 Å². The number of hydrogen-bond donors (Lipinski definition) is 1. The lowest BCUT2D eigenvalue weighted by molar-refractivity contribution is 0.485. The Morgan fingerprint density at radius 2 is 2.21 bits per heavy atom. The van der Waals surface area contributed by atoms with Gasteiger partial charge >= 0.3 is 6.01 Å². The Kier molecular flexibility index (Phi) is 2.67. The molecule has 78 valence electrons. The van der Waals surface area contributed by atoms with Crippen molar-refractivity contribution in [1.29, 1.82) is 0 Å². The van der Waals surface area contributed by atoms with Crippen molar-refractivity contribution >= 4 is 6.01 Å². The van der Waals surface area contributed by atoms with Crippen LogP contribution >= 0.6 is 0 Å². The Balaban J connectivity index is 1.77. The summed E-state index contributed by atoms with van der Waals surface area (Å²) in [7, 11) is 3.78. The first-order chi connectivity index (χ1) is 6.75. The van der Waals surface area contributed by atoms with Crippen LogP contribution in [0.15, 0.2) is 4.42 Å². The second-order valence-corrected chi connectivity index (χ2v) is 3.85. The predicted molar refractivity (Wildman–Crippen MR) is 53.4 cm³/mol. The van der Waals surface area contributed by atoms with Crippen molar-refractivity contribution in [2.24, 2.45) is 0 Å². The molecule has 1 aromatic heterocycles. The SMILES string of the molecule is CN(C)c1nnc(CCNC2CC2)o1. The van der Waals surface area contributed by atoms with Crippen LogP contribution in [0.2, 0.25) is 0 Å². The van der Waals surface area contributed by atoms with Gasteiger partial charge in [-0.25, -0.2) is 0 Å². The van der Waals surface area contributed by atoms with Crippen molar-refractivity contribution in [2.75, 3.05) is 25.5 Å². The van der Waals surface area contributed by atoms with Gasteiger partial charge in [0, 0.05) is 33.1 Å². The molecule has 1 fully saturated rings. The zero-order chi connectivity index (χ0) is 9.97. The third kappa shape index (κ3) is 2.45. The second-order valence-electron chi connectivity index (χ2n) is 3.85. The highest BCUT2D eigenvalue weighted by molar-refractivity contribution is 5.19. The number of rotatable bonds is 5. The van der Waals surface area contributed by atoms with E-state index in [1.165, 1.54) is 12.8 Å². The van der Waals surface area contributed by atoms with Crippen molar-refractivity contribution in [1.82, 2.24) is 15.5 Å². The van der Waals surface area contributed by atoms with E-state index >= 15 is 0 Å². The summed E-state index contributed by atoms with van der Waals surface area (Å²) in [6, 6.07) is 1.32. The van der Waals surface area contributed by atoms with Crippen molar-refractivity contribution < 1.29 is 4.42 Å². The van der Waals surface area contributed by atoms with E-state index in [9.17, 15) is 0 Å². The highest BCUT2D eigenvalue weighted by Crippen LogP contribution is 2.18. The molecule has 0 spiro atoms. The Morgan fingerprint density at radius 3 is 2.79 bits per heavy atom. The van der Waals surface area contributed by atoms with Crippen LogP contribution in [-0.2, 0) is 6.42 Å². The maximum atomic E-state index is 5.41. The van der Waals surface area contributed by atoms with Crippen molar-refractivity contribution in [3.05, 3.63) is 5.89 Å². The van der Waals surface area contributed by atoms with Crippen LogP contribution in [0.5, 0.6) is 0 Å². The second kappa shape index (κ2) is 3.96. The molecule has 1 aliphatic carbocycles. The van der Waals surface area contributed by atoms with Gasteiger partial charge in [0.2, 0.25) is 5.89 Å². The topological polar surface area (TPSA) is 54.2 Å². The zero-order valence-electron chi connectivity index (χ0n) is 8.66. The van der Waals surface area contributed by atoms with E-state index in [0.29, 0.717) is 11.9 Å². The molecular formula is C9H16N4O. The Morgan fingerprint density at radius 1 is 1.43 bits per heavy atom. The first kappa shape index (κ1) is 9.45. The highest BCUT2D eigenvalue weighted by Gasteiger charge is 2.20. The predicted octanol–water partition coefficient (Wildman–Crippen LogP) is 0.430. The van der Waals surface area contributed by atoms with Crippen LogP contribution in [0.3, 0.4) is 0 Å². The van der Waals surface area contributed by atoms with E-state index in [2.05, 4.69) is 15.5 Å². The molecule has 0 unspecified atom stereocenters. The van der Waals surface area contributed by atoms with Crippen LogP contribution in [-0.4, -0.2) is 36.9 Å². The fraction of sp³-hybridized carbons (Fsp3) is 0.778. The molecule has 0 bridgehead atoms. The van der Waals surface area contributed by atoms with Crippen molar-refractivity contribution in [3.63, 3.8) is 0 Å². The average molecular weight is 196 g/mol. The number of nitrogens with one attached hydrogen (secondary N) is 1. The van der Waals surface area contributed by atoms with Crippen LogP contribution in [0, 0.1) is 0 Å². The standard InChI is InChI=1S/C9H16N4O/c1-13(2)9-12-11-8(14-9)5-6-10-7-3-4-7/h7,10H,3-6H2,1-2H3. The molecule has 0 atom stereocenters. The van der Waals surface area contributed by atoms with Gasteiger partial charge in [-0.3, -0.25) is 0 Å². The molecule has 0 radical (unpaired) electrons. The van der Waals surface area contributed by atoms with E-state index in [4.69, 9.17) is 4.42 Å². The summed E-state index contributed by atoms with van der Waals surface area (Å²) < 4.78 is 5.41. The lowest BCUT2D eigenvalue weighted by Gasteiger charge is -2.03. The normalized spacial score (nSPS) is 15.9. The minimum atomic E-state index is 0.575. The minimum Gasteiger partial charge on any atom is -0.408 e. The number of hydrogen-bond acceptors (Lipinski definition) is 5. The summed E-state index contributed by atoms with van der Waals surface area (Å²) >= 11 is 0. The summed E-state index contributed by atoms with van der Waals surface area (Å²) in [6.07, 6.45) is 3.44. The Labute approximate surface area is 83.5 Å². The van der Waals surface area contributed by atoms with Gasteiger partial charge < -0.3 is 14.6 Å². The average Bonchev–Trinajstić information content (AvgIpc) is 2.82. The molecule has 0 aliphatic heterocycles. The third-order valence-electron chi connectivity index (χ3n) is 2.19. The van der Waals surface area contributed by atoms with Crippen LogP contribution in [0.1, 0.15) is 18.7 Å². The maximum absolute atomic E-state index is 5.41. The monoisotopic (exact) mass is 196 g/mol. The van der Waals surface area contributed by atoms with Crippen LogP contribution in [0.25, 0.3) is 0 Å². The fourth-order valence-electron chi connectivity index (χ4n) is 1.20. The summed E-state index contributed by atoms with van der Waals surface area (Å²) in [4.78, 5) is 1.81. The molecule has 2 rings (SSSR count). The summed E-state index contributed by atoms with van der Waals surface area (Å²) in [6.45, 7) is 0.930. The van der Waals surface area contributed by atoms with Gasteiger partial charge in [-0.15, -0.1) is 5.10 Å².